The molecule has 0 unspecified atom stereocenters. The molecule has 33 heavy (non-hydrogen) atoms. The van der Waals surface area contributed by atoms with E-state index in [1.165, 1.54) is 11.8 Å². The number of rotatable bonds is 7. The summed E-state index contributed by atoms with van der Waals surface area (Å²) in [6, 6.07) is 16.0. The standard InChI is InChI=1S/C26H27N3O2S2/c1-5-13-31-21-11-12-22(18(4)14-21)24-19(16-28(27-24)20-9-7-6-8-10-20)15-23-25(30)29(17(2)3)26(32)33-23/h6-12,14-17H,5,13H2,1-4H3. The largest absolute Gasteiger partial charge is 0.494 e. The van der Waals surface area contributed by atoms with Gasteiger partial charge in [0.1, 0.15) is 15.8 Å². The Bertz CT molecular complexity index is 1220. The Kier molecular flexibility index (Phi) is 7.00. The summed E-state index contributed by atoms with van der Waals surface area (Å²) in [6.45, 7) is 8.77. The number of aromatic nitrogens is 2. The van der Waals surface area contributed by atoms with Crippen molar-refractivity contribution >= 4 is 40.3 Å². The fraction of sp³-hybridized carbons (Fsp3) is 0.269. The van der Waals surface area contributed by atoms with Crippen LogP contribution in [0.1, 0.15) is 38.3 Å². The fourth-order valence-corrected chi connectivity index (χ4v) is 5.21. The molecule has 0 saturated carbocycles. The van der Waals surface area contributed by atoms with Crippen molar-refractivity contribution in [3.8, 4) is 22.7 Å². The SMILES string of the molecule is CCCOc1ccc(-c2nn(-c3ccccc3)cc2C=C2SC(=S)N(C(C)C)C2=O)c(C)c1. The Morgan fingerprint density at radius 1 is 1.18 bits per heavy atom. The molecule has 2 heterocycles. The Morgan fingerprint density at radius 2 is 1.94 bits per heavy atom. The molecule has 1 aliphatic rings. The quantitative estimate of drug-likeness (QED) is 0.297. The topological polar surface area (TPSA) is 47.4 Å². The molecule has 3 aromatic rings. The van der Waals surface area contributed by atoms with Gasteiger partial charge in [-0.1, -0.05) is 49.1 Å². The van der Waals surface area contributed by atoms with Crippen LogP contribution in [0.2, 0.25) is 0 Å². The summed E-state index contributed by atoms with van der Waals surface area (Å²) in [5.41, 5.74) is 4.70. The average Bonchev–Trinajstić information content (AvgIpc) is 3.33. The first-order valence-electron chi connectivity index (χ1n) is 11.0. The van der Waals surface area contributed by atoms with Crippen molar-refractivity contribution in [3.05, 3.63) is 70.8 Å². The first-order chi connectivity index (χ1) is 15.9. The van der Waals surface area contributed by atoms with Crippen molar-refractivity contribution in [1.82, 2.24) is 14.7 Å². The molecule has 0 aliphatic carbocycles. The lowest BCUT2D eigenvalue weighted by atomic mass is 10.0. The van der Waals surface area contributed by atoms with Crippen molar-refractivity contribution < 1.29 is 9.53 Å². The van der Waals surface area contributed by atoms with E-state index in [9.17, 15) is 4.79 Å². The highest BCUT2D eigenvalue weighted by Gasteiger charge is 2.34. The molecular formula is C26H27N3O2S2. The maximum atomic E-state index is 13.0. The number of nitrogens with zero attached hydrogens (tertiary/aromatic N) is 3. The third-order valence-corrected chi connectivity index (χ3v) is 6.65. The lowest BCUT2D eigenvalue weighted by molar-refractivity contribution is -0.123. The molecule has 4 rings (SSSR count). The van der Waals surface area contributed by atoms with Crippen LogP contribution in [-0.2, 0) is 4.79 Å². The maximum absolute atomic E-state index is 13.0. The van der Waals surface area contributed by atoms with E-state index in [0.29, 0.717) is 15.8 Å². The van der Waals surface area contributed by atoms with E-state index in [0.717, 1.165) is 40.2 Å². The van der Waals surface area contributed by atoms with Gasteiger partial charge in [-0.15, -0.1) is 0 Å². The highest BCUT2D eigenvalue weighted by molar-refractivity contribution is 8.26. The number of carbonyl (C=O) groups is 1. The molecule has 7 heteroatoms. The molecule has 1 fully saturated rings. The van der Waals surface area contributed by atoms with Gasteiger partial charge in [0.05, 0.1) is 17.2 Å². The number of aryl methyl sites for hydroxylation is 1. The number of benzene rings is 2. The molecule has 0 atom stereocenters. The predicted molar refractivity (Wildman–Crippen MR) is 140 cm³/mol. The molecular weight excluding hydrogens is 450 g/mol. The van der Waals surface area contributed by atoms with Crippen LogP contribution in [0.25, 0.3) is 23.0 Å². The normalized spacial score (nSPS) is 15.2. The van der Waals surface area contributed by atoms with Crippen molar-refractivity contribution in [2.45, 2.75) is 40.2 Å². The molecule has 170 valence electrons. The molecule has 2 aromatic carbocycles. The van der Waals surface area contributed by atoms with Gasteiger partial charge >= 0.3 is 0 Å². The number of carbonyl (C=O) groups excluding carboxylic acids is 1. The first kappa shape index (κ1) is 23.3. The summed E-state index contributed by atoms with van der Waals surface area (Å²) in [7, 11) is 0. The van der Waals surface area contributed by atoms with Crippen molar-refractivity contribution in [1.29, 1.82) is 0 Å². The van der Waals surface area contributed by atoms with Crippen LogP contribution in [0, 0.1) is 6.92 Å². The summed E-state index contributed by atoms with van der Waals surface area (Å²) in [4.78, 5) is 15.3. The van der Waals surface area contributed by atoms with E-state index in [4.69, 9.17) is 22.1 Å². The van der Waals surface area contributed by atoms with E-state index >= 15 is 0 Å². The van der Waals surface area contributed by atoms with Gasteiger partial charge in [0.2, 0.25) is 0 Å². The van der Waals surface area contributed by atoms with Crippen LogP contribution < -0.4 is 4.74 Å². The van der Waals surface area contributed by atoms with Gasteiger partial charge in [0.25, 0.3) is 5.91 Å². The minimum atomic E-state index is -0.0570. The number of ether oxygens (including phenoxy) is 1. The Morgan fingerprint density at radius 3 is 2.58 bits per heavy atom. The van der Waals surface area contributed by atoms with Crippen molar-refractivity contribution in [2.75, 3.05) is 6.61 Å². The number of amides is 1. The van der Waals surface area contributed by atoms with Gasteiger partial charge in [0, 0.05) is 23.4 Å². The van der Waals surface area contributed by atoms with Crippen LogP contribution in [0.5, 0.6) is 5.75 Å². The minimum absolute atomic E-state index is 0.0211. The molecule has 0 N–H and O–H groups in total. The first-order valence-corrected chi connectivity index (χ1v) is 12.3. The van der Waals surface area contributed by atoms with Crippen LogP contribution in [-0.4, -0.2) is 37.6 Å². The third-order valence-electron chi connectivity index (χ3n) is 5.32. The van der Waals surface area contributed by atoms with E-state index in [1.54, 1.807) is 4.90 Å². The van der Waals surface area contributed by atoms with Gasteiger partial charge in [-0.2, -0.15) is 5.10 Å². The molecule has 0 spiro atoms. The van der Waals surface area contributed by atoms with E-state index in [-0.39, 0.29) is 11.9 Å². The van der Waals surface area contributed by atoms with Crippen molar-refractivity contribution in [2.24, 2.45) is 0 Å². The zero-order chi connectivity index (χ0) is 23.5. The summed E-state index contributed by atoms with van der Waals surface area (Å²) >= 11 is 6.80. The van der Waals surface area contributed by atoms with E-state index in [1.807, 2.05) is 79.3 Å². The number of hydrogen-bond acceptors (Lipinski definition) is 5. The highest BCUT2D eigenvalue weighted by Crippen LogP contribution is 2.36. The zero-order valence-corrected chi connectivity index (χ0v) is 20.9. The number of thiocarbonyl (C=S) groups is 1. The molecule has 5 nitrogen and oxygen atoms in total. The Labute approximate surface area is 204 Å². The third kappa shape index (κ3) is 4.89. The van der Waals surface area contributed by atoms with E-state index in [2.05, 4.69) is 13.8 Å². The minimum Gasteiger partial charge on any atom is -0.494 e. The molecule has 1 amide bonds. The number of thioether (sulfide) groups is 1. The second-order valence-electron chi connectivity index (χ2n) is 8.18. The summed E-state index contributed by atoms with van der Waals surface area (Å²) < 4.78 is 8.24. The van der Waals surface area contributed by atoms with Gasteiger partial charge < -0.3 is 4.74 Å². The van der Waals surface area contributed by atoms with Crippen molar-refractivity contribution in [3.63, 3.8) is 0 Å². The maximum Gasteiger partial charge on any atom is 0.266 e. The van der Waals surface area contributed by atoms with Crippen LogP contribution >= 0.6 is 24.0 Å². The fourth-order valence-electron chi connectivity index (χ4n) is 3.69. The summed E-state index contributed by atoms with van der Waals surface area (Å²) in [5, 5.41) is 4.91. The second kappa shape index (κ2) is 9.93. The van der Waals surface area contributed by atoms with Gasteiger partial charge in [-0.25, -0.2) is 4.68 Å². The lowest BCUT2D eigenvalue weighted by Gasteiger charge is -2.18. The van der Waals surface area contributed by atoms with Gasteiger partial charge in [-0.3, -0.25) is 9.69 Å². The van der Waals surface area contributed by atoms with E-state index < -0.39 is 0 Å². The average molecular weight is 478 g/mol. The molecule has 1 aliphatic heterocycles. The predicted octanol–water partition coefficient (Wildman–Crippen LogP) is 6.25. The molecule has 1 aromatic heterocycles. The van der Waals surface area contributed by atoms with Gasteiger partial charge in [-0.05, 0) is 69.2 Å². The number of hydrogen-bond donors (Lipinski definition) is 0. The van der Waals surface area contributed by atoms with Crippen LogP contribution in [0.4, 0.5) is 0 Å². The summed E-state index contributed by atoms with van der Waals surface area (Å²) in [6.07, 6.45) is 4.83. The second-order valence-corrected chi connectivity index (χ2v) is 9.86. The van der Waals surface area contributed by atoms with Gasteiger partial charge in [0.15, 0.2) is 0 Å². The Balaban J connectivity index is 1.80. The highest BCUT2D eigenvalue weighted by atomic mass is 32.2. The van der Waals surface area contributed by atoms with Crippen LogP contribution in [0.15, 0.2) is 59.6 Å². The molecule has 1 saturated heterocycles. The Hall–Kier alpha value is -2.90. The molecule has 0 radical (unpaired) electrons. The molecule has 0 bridgehead atoms. The smallest absolute Gasteiger partial charge is 0.266 e. The summed E-state index contributed by atoms with van der Waals surface area (Å²) in [5.74, 6) is 0.790. The number of para-hydroxylation sites is 1. The monoisotopic (exact) mass is 477 g/mol. The lowest BCUT2D eigenvalue weighted by Crippen LogP contribution is -2.34. The van der Waals surface area contributed by atoms with Crippen LogP contribution in [0.3, 0.4) is 0 Å². The zero-order valence-electron chi connectivity index (χ0n) is 19.2.